The zero-order chi connectivity index (χ0) is 11.1. The summed E-state index contributed by atoms with van der Waals surface area (Å²) in [6.07, 6.45) is 0.431. The summed E-state index contributed by atoms with van der Waals surface area (Å²) in [5.41, 5.74) is 0. The maximum Gasteiger partial charge on any atom is 0.307 e. The Morgan fingerprint density at radius 1 is 1.67 bits per heavy atom. The normalized spacial score (nSPS) is 10.3. The minimum absolute atomic E-state index is 0.141. The van der Waals surface area contributed by atoms with Crippen LogP contribution in [0.3, 0.4) is 0 Å². The van der Waals surface area contributed by atoms with Crippen LogP contribution in [-0.2, 0) is 16.1 Å². The lowest BCUT2D eigenvalue weighted by Crippen LogP contribution is -2.18. The maximum absolute atomic E-state index is 11.0. The predicted molar refractivity (Wildman–Crippen MR) is 65.0 cm³/mol. The molecule has 0 unspecified atom stereocenters. The number of carbonyl (C=O) groups is 1. The van der Waals surface area contributed by atoms with Gasteiger partial charge in [0.25, 0.3) is 0 Å². The van der Waals surface area contributed by atoms with Gasteiger partial charge in [0.05, 0.1) is 13.0 Å². The van der Waals surface area contributed by atoms with E-state index in [1.165, 1.54) is 4.88 Å². The van der Waals surface area contributed by atoms with Crippen molar-refractivity contribution < 1.29 is 9.53 Å². The fourth-order valence-electron chi connectivity index (χ4n) is 1.08. The summed E-state index contributed by atoms with van der Waals surface area (Å²) in [4.78, 5) is 12.2. The number of halogens is 1. The summed E-state index contributed by atoms with van der Waals surface area (Å²) in [5, 5.41) is 5.24. The highest BCUT2D eigenvalue weighted by Crippen LogP contribution is 2.19. The first-order valence-electron chi connectivity index (χ1n) is 4.81. The molecule has 0 aliphatic rings. The Bertz CT molecular complexity index is 314. The van der Waals surface area contributed by atoms with E-state index in [1.807, 2.05) is 12.3 Å². The molecule has 0 saturated heterocycles. The second-order valence-corrected chi connectivity index (χ2v) is 4.87. The Kier molecular flexibility index (Phi) is 5.90. The largest absolute Gasteiger partial charge is 0.466 e. The van der Waals surface area contributed by atoms with E-state index in [0.717, 1.165) is 11.0 Å². The Hall–Kier alpha value is -0.390. The van der Waals surface area contributed by atoms with Crippen molar-refractivity contribution in [1.29, 1.82) is 0 Å². The third kappa shape index (κ3) is 5.30. The van der Waals surface area contributed by atoms with Crippen molar-refractivity contribution in [3.63, 3.8) is 0 Å². The molecule has 0 fully saturated rings. The fourth-order valence-corrected chi connectivity index (χ4v) is 2.50. The molecule has 1 N–H and O–H groups in total. The highest BCUT2D eigenvalue weighted by Gasteiger charge is 2.01. The van der Waals surface area contributed by atoms with Gasteiger partial charge in [-0.15, -0.1) is 11.3 Å². The number of carbonyl (C=O) groups excluding carboxylic acids is 1. The summed E-state index contributed by atoms with van der Waals surface area (Å²) in [7, 11) is 0. The van der Waals surface area contributed by atoms with Gasteiger partial charge in [0.15, 0.2) is 0 Å². The van der Waals surface area contributed by atoms with Crippen LogP contribution in [0.4, 0.5) is 0 Å². The molecule has 1 aromatic heterocycles. The Morgan fingerprint density at radius 2 is 2.47 bits per heavy atom. The molecule has 0 aliphatic carbocycles. The van der Waals surface area contributed by atoms with E-state index in [9.17, 15) is 4.79 Å². The second-order valence-electron chi connectivity index (χ2n) is 2.96. The first-order valence-corrected chi connectivity index (χ1v) is 6.49. The number of esters is 1. The topological polar surface area (TPSA) is 38.3 Å². The van der Waals surface area contributed by atoms with Crippen molar-refractivity contribution in [3.8, 4) is 0 Å². The zero-order valence-electron chi connectivity index (χ0n) is 8.59. The van der Waals surface area contributed by atoms with Crippen LogP contribution in [0.2, 0.25) is 0 Å². The van der Waals surface area contributed by atoms with E-state index in [0.29, 0.717) is 19.6 Å². The van der Waals surface area contributed by atoms with E-state index in [-0.39, 0.29) is 5.97 Å². The highest BCUT2D eigenvalue weighted by molar-refractivity contribution is 9.10. The van der Waals surface area contributed by atoms with E-state index >= 15 is 0 Å². The molecule has 0 spiro atoms. The number of hydrogen-bond acceptors (Lipinski definition) is 4. The third-order valence-electron chi connectivity index (χ3n) is 1.73. The van der Waals surface area contributed by atoms with Crippen LogP contribution >= 0.6 is 27.3 Å². The molecular weight excluding hydrogens is 278 g/mol. The summed E-state index contributed by atoms with van der Waals surface area (Å²) in [6, 6.07) is 2.07. The monoisotopic (exact) mass is 291 g/mol. The van der Waals surface area contributed by atoms with Gasteiger partial charge in [0.1, 0.15) is 0 Å². The standard InChI is InChI=1S/C10H14BrNO2S/c1-2-14-10(13)3-4-12-6-9-5-8(11)7-15-9/h5,7,12H,2-4,6H2,1H3. The van der Waals surface area contributed by atoms with Crippen LogP contribution in [-0.4, -0.2) is 19.1 Å². The van der Waals surface area contributed by atoms with Gasteiger partial charge in [0, 0.05) is 27.8 Å². The van der Waals surface area contributed by atoms with Crippen LogP contribution in [0.25, 0.3) is 0 Å². The molecule has 0 saturated carbocycles. The molecule has 0 atom stereocenters. The van der Waals surface area contributed by atoms with Crippen molar-refractivity contribution in [2.45, 2.75) is 19.9 Å². The summed E-state index contributed by atoms with van der Waals surface area (Å²) >= 11 is 5.09. The molecule has 0 bridgehead atoms. The molecule has 1 aromatic rings. The van der Waals surface area contributed by atoms with Crippen molar-refractivity contribution in [2.75, 3.05) is 13.2 Å². The lowest BCUT2D eigenvalue weighted by Gasteiger charge is -2.02. The van der Waals surface area contributed by atoms with Gasteiger partial charge >= 0.3 is 5.97 Å². The average molecular weight is 292 g/mol. The van der Waals surface area contributed by atoms with Gasteiger partial charge < -0.3 is 10.1 Å². The van der Waals surface area contributed by atoms with Crippen molar-refractivity contribution >= 4 is 33.2 Å². The number of nitrogens with one attached hydrogen (secondary N) is 1. The molecule has 0 radical (unpaired) electrons. The van der Waals surface area contributed by atoms with Crippen LogP contribution in [0.1, 0.15) is 18.2 Å². The maximum atomic E-state index is 11.0. The van der Waals surface area contributed by atoms with Gasteiger partial charge in [-0.1, -0.05) is 0 Å². The smallest absolute Gasteiger partial charge is 0.307 e. The second kappa shape index (κ2) is 6.98. The van der Waals surface area contributed by atoms with E-state index in [4.69, 9.17) is 4.74 Å². The van der Waals surface area contributed by atoms with E-state index in [2.05, 4.69) is 27.3 Å². The summed E-state index contributed by atoms with van der Waals surface area (Å²) in [5.74, 6) is -0.141. The number of thiophene rings is 1. The quantitative estimate of drug-likeness (QED) is 0.647. The molecule has 15 heavy (non-hydrogen) atoms. The molecule has 1 rings (SSSR count). The number of hydrogen-bond donors (Lipinski definition) is 1. The van der Waals surface area contributed by atoms with Gasteiger partial charge in [-0.25, -0.2) is 0 Å². The highest BCUT2D eigenvalue weighted by atomic mass is 79.9. The van der Waals surface area contributed by atoms with Crippen molar-refractivity contribution in [3.05, 3.63) is 20.8 Å². The van der Waals surface area contributed by atoms with Crippen LogP contribution in [0.15, 0.2) is 15.9 Å². The minimum atomic E-state index is -0.141. The Morgan fingerprint density at radius 3 is 3.07 bits per heavy atom. The Balaban J connectivity index is 2.09. The number of rotatable bonds is 6. The van der Waals surface area contributed by atoms with Crippen molar-refractivity contribution in [1.82, 2.24) is 5.32 Å². The van der Waals surface area contributed by atoms with Crippen LogP contribution in [0.5, 0.6) is 0 Å². The van der Waals surface area contributed by atoms with Crippen molar-refractivity contribution in [2.24, 2.45) is 0 Å². The molecule has 1 heterocycles. The van der Waals surface area contributed by atoms with Gasteiger partial charge in [-0.05, 0) is 28.9 Å². The van der Waals surface area contributed by atoms with Crippen LogP contribution in [0, 0.1) is 0 Å². The first kappa shape index (κ1) is 12.7. The minimum Gasteiger partial charge on any atom is -0.466 e. The van der Waals surface area contributed by atoms with Gasteiger partial charge in [-0.3, -0.25) is 4.79 Å². The molecular formula is C10H14BrNO2S. The van der Waals surface area contributed by atoms with Crippen LogP contribution < -0.4 is 5.32 Å². The fraction of sp³-hybridized carbons (Fsp3) is 0.500. The molecule has 5 heteroatoms. The van der Waals surface area contributed by atoms with Gasteiger partial charge in [0.2, 0.25) is 0 Å². The zero-order valence-corrected chi connectivity index (χ0v) is 11.0. The molecule has 0 aliphatic heterocycles. The SMILES string of the molecule is CCOC(=O)CCNCc1cc(Br)cs1. The first-order chi connectivity index (χ1) is 7.22. The lowest BCUT2D eigenvalue weighted by atomic mass is 10.4. The Labute approximate surface area is 102 Å². The molecule has 84 valence electrons. The van der Waals surface area contributed by atoms with Gasteiger partial charge in [-0.2, -0.15) is 0 Å². The molecule has 0 aromatic carbocycles. The third-order valence-corrected chi connectivity index (χ3v) is 3.43. The van der Waals surface area contributed by atoms with E-state index < -0.39 is 0 Å². The lowest BCUT2D eigenvalue weighted by molar-refractivity contribution is -0.142. The van der Waals surface area contributed by atoms with E-state index in [1.54, 1.807) is 11.3 Å². The average Bonchev–Trinajstić information content (AvgIpc) is 2.60. The summed E-state index contributed by atoms with van der Waals surface area (Å²) in [6.45, 7) is 3.73. The predicted octanol–water partition coefficient (Wildman–Crippen LogP) is 2.55. The number of ether oxygens (including phenoxy) is 1. The molecule has 0 amide bonds. The summed E-state index contributed by atoms with van der Waals surface area (Å²) < 4.78 is 5.92. The molecule has 3 nitrogen and oxygen atoms in total.